The Kier molecular flexibility index (Phi) is 4.42. The van der Waals surface area contributed by atoms with Crippen LogP contribution in [-0.2, 0) is 4.79 Å². The van der Waals surface area contributed by atoms with Gasteiger partial charge in [-0.2, -0.15) is 0 Å². The number of nitrogens with zero attached hydrogens (tertiary/aromatic N) is 1. The van der Waals surface area contributed by atoms with Crippen LogP contribution in [0.4, 0.5) is 0 Å². The van der Waals surface area contributed by atoms with E-state index < -0.39 is 11.9 Å². The summed E-state index contributed by atoms with van der Waals surface area (Å²) in [5, 5.41) is 0. The zero-order chi connectivity index (χ0) is 17.1. The molecule has 1 heterocycles. The van der Waals surface area contributed by atoms with Crippen LogP contribution >= 0.6 is 0 Å². The molecular formula is C19H17NO4. The summed E-state index contributed by atoms with van der Waals surface area (Å²) in [6, 6.07) is 14.5. The highest BCUT2D eigenvalue weighted by molar-refractivity contribution is 6.12. The van der Waals surface area contributed by atoms with Crippen LogP contribution in [0, 0.1) is 0 Å². The van der Waals surface area contributed by atoms with Crippen molar-refractivity contribution in [1.82, 2.24) is 4.90 Å². The first kappa shape index (κ1) is 15.9. The van der Waals surface area contributed by atoms with Crippen molar-refractivity contribution in [3.05, 3.63) is 65.7 Å². The van der Waals surface area contributed by atoms with E-state index in [4.69, 9.17) is 4.74 Å². The van der Waals surface area contributed by atoms with Gasteiger partial charge in [0.05, 0.1) is 7.11 Å². The molecule has 2 aromatic carbocycles. The molecule has 0 spiro atoms. The second-order valence-corrected chi connectivity index (χ2v) is 5.58. The molecule has 0 aromatic heterocycles. The van der Waals surface area contributed by atoms with Crippen LogP contribution in [0.5, 0.6) is 5.75 Å². The lowest BCUT2D eigenvalue weighted by molar-refractivity contribution is -0.126. The molecule has 0 saturated carbocycles. The third-order valence-electron chi connectivity index (χ3n) is 4.13. The molecule has 1 atom stereocenters. The number of carbonyl (C=O) groups is 3. The first-order valence-corrected chi connectivity index (χ1v) is 7.71. The summed E-state index contributed by atoms with van der Waals surface area (Å²) >= 11 is 0. The summed E-state index contributed by atoms with van der Waals surface area (Å²) in [6.07, 6.45) is 0.549. The number of benzene rings is 2. The largest absolute Gasteiger partial charge is 0.497 e. The highest BCUT2D eigenvalue weighted by Crippen LogP contribution is 2.25. The van der Waals surface area contributed by atoms with E-state index in [1.165, 1.54) is 0 Å². The van der Waals surface area contributed by atoms with Crippen LogP contribution in [0.1, 0.15) is 33.6 Å². The van der Waals surface area contributed by atoms with Gasteiger partial charge in [-0.1, -0.05) is 18.2 Å². The Morgan fingerprint density at radius 1 is 1.00 bits per heavy atom. The van der Waals surface area contributed by atoms with Crippen LogP contribution in [-0.4, -0.2) is 35.6 Å². The second kappa shape index (κ2) is 6.66. The van der Waals surface area contributed by atoms with Crippen molar-refractivity contribution < 1.29 is 19.1 Å². The van der Waals surface area contributed by atoms with Crippen LogP contribution in [0.2, 0.25) is 0 Å². The van der Waals surface area contributed by atoms with Gasteiger partial charge in [0.15, 0.2) is 5.78 Å². The third-order valence-corrected chi connectivity index (χ3v) is 4.13. The minimum absolute atomic E-state index is 0.200. The van der Waals surface area contributed by atoms with E-state index in [9.17, 15) is 14.4 Å². The van der Waals surface area contributed by atoms with Gasteiger partial charge in [0, 0.05) is 17.5 Å². The number of ether oxygens (including phenoxy) is 1. The fraction of sp³-hybridized carbons (Fsp3) is 0.211. The molecule has 24 heavy (non-hydrogen) atoms. The lowest BCUT2D eigenvalue weighted by Gasteiger charge is -2.22. The van der Waals surface area contributed by atoms with E-state index in [0.29, 0.717) is 23.3 Å². The third kappa shape index (κ3) is 2.93. The zero-order valence-electron chi connectivity index (χ0n) is 13.3. The molecule has 0 N–H and O–H groups in total. The van der Waals surface area contributed by atoms with Crippen molar-refractivity contribution in [3.63, 3.8) is 0 Å². The summed E-state index contributed by atoms with van der Waals surface area (Å²) in [7, 11) is 1.55. The van der Waals surface area contributed by atoms with Crippen molar-refractivity contribution in [2.45, 2.75) is 18.9 Å². The fourth-order valence-electron chi connectivity index (χ4n) is 2.85. The van der Waals surface area contributed by atoms with Crippen LogP contribution in [0.25, 0.3) is 0 Å². The molecule has 5 nitrogen and oxygen atoms in total. The standard InChI is InChI=1S/C19H17NO4/c1-24-15-9-7-13(8-10-15)18(22)16-11-12-17(21)20(16)19(23)14-5-3-2-4-6-14/h2-10,16H,11-12H2,1H3. The molecule has 2 aromatic rings. The predicted octanol–water partition coefficient (Wildman–Crippen LogP) is 2.71. The van der Waals surface area contributed by atoms with Crippen molar-refractivity contribution >= 4 is 17.6 Å². The average molecular weight is 323 g/mol. The van der Waals surface area contributed by atoms with E-state index in [2.05, 4.69) is 0 Å². The Labute approximate surface area is 139 Å². The van der Waals surface area contributed by atoms with Gasteiger partial charge in [-0.15, -0.1) is 0 Å². The molecule has 0 radical (unpaired) electrons. The van der Waals surface area contributed by atoms with Crippen LogP contribution in [0.15, 0.2) is 54.6 Å². The van der Waals surface area contributed by atoms with E-state index in [1.807, 2.05) is 0 Å². The molecule has 1 unspecified atom stereocenters. The van der Waals surface area contributed by atoms with E-state index in [0.717, 1.165) is 4.90 Å². The van der Waals surface area contributed by atoms with Crippen LogP contribution in [0.3, 0.4) is 0 Å². The van der Waals surface area contributed by atoms with E-state index >= 15 is 0 Å². The maximum atomic E-state index is 12.8. The van der Waals surface area contributed by atoms with Gasteiger partial charge in [0.1, 0.15) is 11.8 Å². The van der Waals surface area contributed by atoms with Crippen molar-refractivity contribution in [1.29, 1.82) is 0 Å². The first-order chi connectivity index (χ1) is 11.6. The van der Waals surface area contributed by atoms with Gasteiger partial charge in [0.2, 0.25) is 5.91 Å². The maximum absolute atomic E-state index is 12.8. The number of amides is 2. The van der Waals surface area contributed by atoms with Gasteiger partial charge < -0.3 is 4.74 Å². The highest BCUT2D eigenvalue weighted by atomic mass is 16.5. The summed E-state index contributed by atoms with van der Waals surface area (Å²) < 4.78 is 5.08. The molecule has 0 bridgehead atoms. The predicted molar refractivity (Wildman–Crippen MR) is 88.0 cm³/mol. The smallest absolute Gasteiger partial charge is 0.261 e. The summed E-state index contributed by atoms with van der Waals surface area (Å²) in [5.41, 5.74) is 0.863. The maximum Gasteiger partial charge on any atom is 0.261 e. The second-order valence-electron chi connectivity index (χ2n) is 5.58. The Morgan fingerprint density at radius 3 is 2.29 bits per heavy atom. The number of carbonyl (C=O) groups excluding carboxylic acids is 3. The van der Waals surface area contributed by atoms with Crippen molar-refractivity contribution in [2.24, 2.45) is 0 Å². The van der Waals surface area contributed by atoms with E-state index in [1.54, 1.807) is 61.7 Å². The number of ketones is 1. The van der Waals surface area contributed by atoms with Gasteiger partial charge in [0.25, 0.3) is 5.91 Å². The average Bonchev–Trinajstić information content (AvgIpc) is 3.02. The molecule has 122 valence electrons. The molecule has 1 aliphatic rings. The Hall–Kier alpha value is -2.95. The topological polar surface area (TPSA) is 63.7 Å². The molecule has 0 aliphatic carbocycles. The van der Waals surface area contributed by atoms with E-state index in [-0.39, 0.29) is 18.1 Å². The summed E-state index contributed by atoms with van der Waals surface area (Å²) in [5.74, 6) is -0.320. The number of imide groups is 1. The lowest BCUT2D eigenvalue weighted by Crippen LogP contribution is -2.43. The molecule has 1 aliphatic heterocycles. The number of hydrogen-bond acceptors (Lipinski definition) is 4. The number of methoxy groups -OCH3 is 1. The van der Waals surface area contributed by atoms with Gasteiger partial charge in [-0.25, -0.2) is 0 Å². The summed E-state index contributed by atoms with van der Waals surface area (Å²) in [6.45, 7) is 0. The molecular weight excluding hydrogens is 306 g/mol. The minimum Gasteiger partial charge on any atom is -0.497 e. The van der Waals surface area contributed by atoms with Gasteiger partial charge in [-0.3, -0.25) is 19.3 Å². The molecule has 1 fully saturated rings. The number of likely N-dealkylation sites (tertiary alicyclic amines) is 1. The van der Waals surface area contributed by atoms with Crippen LogP contribution < -0.4 is 4.74 Å². The van der Waals surface area contributed by atoms with Gasteiger partial charge >= 0.3 is 0 Å². The van der Waals surface area contributed by atoms with Crippen molar-refractivity contribution in [3.8, 4) is 5.75 Å². The monoisotopic (exact) mass is 323 g/mol. The molecule has 5 heteroatoms. The molecule has 3 rings (SSSR count). The Balaban J connectivity index is 1.87. The first-order valence-electron chi connectivity index (χ1n) is 7.71. The lowest BCUT2D eigenvalue weighted by atomic mass is 10.0. The fourth-order valence-corrected chi connectivity index (χ4v) is 2.85. The quantitative estimate of drug-likeness (QED) is 0.641. The van der Waals surface area contributed by atoms with Crippen molar-refractivity contribution in [2.75, 3.05) is 7.11 Å². The Morgan fingerprint density at radius 2 is 1.67 bits per heavy atom. The molecule has 1 saturated heterocycles. The van der Waals surface area contributed by atoms with Gasteiger partial charge in [-0.05, 0) is 42.8 Å². The highest BCUT2D eigenvalue weighted by Gasteiger charge is 2.40. The summed E-state index contributed by atoms with van der Waals surface area (Å²) in [4.78, 5) is 38.7. The zero-order valence-corrected chi connectivity index (χ0v) is 13.3. The molecule has 2 amide bonds. The Bertz CT molecular complexity index is 768. The number of Topliss-reactive ketones (excluding diaryl/α,β-unsaturated/α-hetero) is 1. The minimum atomic E-state index is -0.751. The number of hydrogen-bond donors (Lipinski definition) is 0. The normalized spacial score (nSPS) is 17.0. The number of rotatable bonds is 4. The SMILES string of the molecule is COc1ccc(C(=O)C2CCC(=O)N2C(=O)c2ccccc2)cc1.